The number of amides is 2. The van der Waals surface area contributed by atoms with Crippen molar-refractivity contribution in [3.05, 3.63) is 35.7 Å². The van der Waals surface area contributed by atoms with Gasteiger partial charge in [-0.1, -0.05) is 17.3 Å². The molecule has 10 heteroatoms. The number of carbonyl (C=O) groups is 2. The van der Waals surface area contributed by atoms with Gasteiger partial charge in [-0.25, -0.2) is 0 Å². The van der Waals surface area contributed by atoms with Crippen LogP contribution in [-0.4, -0.2) is 39.9 Å². The fourth-order valence-corrected chi connectivity index (χ4v) is 3.09. The van der Waals surface area contributed by atoms with Crippen molar-refractivity contribution in [1.29, 1.82) is 0 Å². The highest BCUT2D eigenvalue weighted by Gasteiger charge is 2.31. The Balaban J connectivity index is 1.57. The van der Waals surface area contributed by atoms with E-state index in [0.717, 1.165) is 12.1 Å². The maximum Gasteiger partial charge on any atom is 0.416 e. The normalized spacial score (nSPS) is 15.6. The van der Waals surface area contributed by atoms with Crippen LogP contribution in [0.3, 0.4) is 0 Å². The lowest BCUT2D eigenvalue weighted by atomic mass is 9.96. The Kier molecular flexibility index (Phi) is 5.66. The molecular weight excluding hydrogens is 377 g/mol. The highest BCUT2D eigenvalue weighted by molar-refractivity contribution is 5.79. The van der Waals surface area contributed by atoms with Crippen molar-refractivity contribution in [2.45, 2.75) is 31.9 Å². The predicted octanol–water partition coefficient (Wildman–Crippen LogP) is 2.41. The largest absolute Gasteiger partial charge is 0.416 e. The zero-order valence-corrected chi connectivity index (χ0v) is 14.9. The number of rotatable bonds is 5. The van der Waals surface area contributed by atoms with Crippen LogP contribution in [0.4, 0.5) is 13.2 Å². The first-order chi connectivity index (χ1) is 13.2. The molecule has 1 aliphatic heterocycles. The SMILES string of the molecule is NC(=O)C1CCN(C(=O)CCc2nc(-c3cccc(C(F)(F)F)c3)no2)CC1. The monoisotopic (exact) mass is 396 g/mol. The van der Waals surface area contributed by atoms with Crippen LogP contribution in [0.1, 0.15) is 30.7 Å². The Morgan fingerprint density at radius 2 is 1.96 bits per heavy atom. The van der Waals surface area contributed by atoms with Gasteiger partial charge in [-0.2, -0.15) is 18.2 Å². The third-order valence-electron chi connectivity index (χ3n) is 4.72. The molecule has 150 valence electrons. The lowest BCUT2D eigenvalue weighted by molar-refractivity contribution is -0.137. The number of piperidine rings is 1. The van der Waals surface area contributed by atoms with E-state index in [0.29, 0.717) is 25.9 Å². The number of aromatic nitrogens is 2. The zero-order chi connectivity index (χ0) is 20.3. The summed E-state index contributed by atoms with van der Waals surface area (Å²) in [7, 11) is 0. The van der Waals surface area contributed by atoms with E-state index in [4.69, 9.17) is 10.3 Å². The summed E-state index contributed by atoms with van der Waals surface area (Å²) in [5.41, 5.74) is 4.66. The van der Waals surface area contributed by atoms with Gasteiger partial charge in [0.15, 0.2) is 0 Å². The van der Waals surface area contributed by atoms with Gasteiger partial charge in [0.1, 0.15) is 0 Å². The lowest BCUT2D eigenvalue weighted by Gasteiger charge is -2.30. The fourth-order valence-electron chi connectivity index (χ4n) is 3.09. The molecular formula is C18H19F3N4O3. The van der Waals surface area contributed by atoms with E-state index >= 15 is 0 Å². The molecule has 0 saturated carbocycles. The molecule has 3 rings (SSSR count). The number of carbonyl (C=O) groups excluding carboxylic acids is 2. The average molecular weight is 396 g/mol. The van der Waals surface area contributed by atoms with E-state index in [1.54, 1.807) is 4.90 Å². The third-order valence-corrected chi connectivity index (χ3v) is 4.72. The van der Waals surface area contributed by atoms with Crippen LogP contribution >= 0.6 is 0 Å². The molecule has 2 aromatic rings. The number of hydrogen-bond donors (Lipinski definition) is 1. The van der Waals surface area contributed by atoms with Crippen molar-refractivity contribution >= 4 is 11.8 Å². The van der Waals surface area contributed by atoms with Crippen LogP contribution in [0.2, 0.25) is 0 Å². The van der Waals surface area contributed by atoms with Gasteiger partial charge in [-0.3, -0.25) is 9.59 Å². The van der Waals surface area contributed by atoms with E-state index in [-0.39, 0.29) is 47.9 Å². The second kappa shape index (κ2) is 7.99. The van der Waals surface area contributed by atoms with Gasteiger partial charge in [0.25, 0.3) is 0 Å². The molecule has 2 amide bonds. The van der Waals surface area contributed by atoms with Gasteiger partial charge in [0.05, 0.1) is 5.56 Å². The second-order valence-corrected chi connectivity index (χ2v) is 6.65. The standard InChI is InChI=1S/C18H19F3N4O3/c19-18(20,21)13-3-1-2-12(10-13)17-23-14(28-24-17)4-5-15(26)25-8-6-11(7-9-25)16(22)27/h1-3,10-11H,4-9H2,(H2,22,27). The molecule has 1 aromatic heterocycles. The number of nitrogens with zero attached hydrogens (tertiary/aromatic N) is 3. The molecule has 1 fully saturated rings. The number of nitrogens with two attached hydrogens (primary N) is 1. The Labute approximate surface area is 158 Å². The average Bonchev–Trinajstić information content (AvgIpc) is 3.15. The molecule has 7 nitrogen and oxygen atoms in total. The third kappa shape index (κ3) is 4.68. The molecule has 1 aromatic carbocycles. The van der Waals surface area contributed by atoms with Crippen LogP contribution in [0.15, 0.2) is 28.8 Å². The Bertz CT molecular complexity index is 858. The summed E-state index contributed by atoms with van der Waals surface area (Å²) in [5.74, 6) is -0.444. The van der Waals surface area contributed by atoms with Gasteiger partial charge in [-0.15, -0.1) is 0 Å². The number of benzene rings is 1. The van der Waals surface area contributed by atoms with E-state index in [1.165, 1.54) is 12.1 Å². The summed E-state index contributed by atoms with van der Waals surface area (Å²) in [4.78, 5) is 29.2. The van der Waals surface area contributed by atoms with E-state index in [9.17, 15) is 22.8 Å². The summed E-state index contributed by atoms with van der Waals surface area (Å²) in [5, 5.41) is 3.70. The summed E-state index contributed by atoms with van der Waals surface area (Å²) >= 11 is 0. The number of primary amides is 1. The van der Waals surface area contributed by atoms with Crippen molar-refractivity contribution in [1.82, 2.24) is 15.0 Å². The van der Waals surface area contributed by atoms with Crippen molar-refractivity contribution in [3.8, 4) is 11.4 Å². The molecule has 28 heavy (non-hydrogen) atoms. The number of alkyl halides is 3. The lowest BCUT2D eigenvalue weighted by Crippen LogP contribution is -2.41. The van der Waals surface area contributed by atoms with Gasteiger partial charge >= 0.3 is 6.18 Å². The maximum absolute atomic E-state index is 12.8. The summed E-state index contributed by atoms with van der Waals surface area (Å²) in [6, 6.07) is 4.64. The number of halogens is 3. The maximum atomic E-state index is 12.8. The number of likely N-dealkylation sites (tertiary alicyclic amines) is 1. The molecule has 0 spiro atoms. The van der Waals surface area contributed by atoms with E-state index < -0.39 is 11.7 Å². The molecule has 0 radical (unpaired) electrons. The Hall–Kier alpha value is -2.91. The summed E-state index contributed by atoms with van der Waals surface area (Å²) in [6.45, 7) is 0.928. The minimum Gasteiger partial charge on any atom is -0.369 e. The van der Waals surface area contributed by atoms with Gasteiger partial charge in [0.2, 0.25) is 23.5 Å². The minimum absolute atomic E-state index is 0.0378. The second-order valence-electron chi connectivity index (χ2n) is 6.65. The molecule has 1 saturated heterocycles. The van der Waals surface area contributed by atoms with Crippen molar-refractivity contribution < 1.29 is 27.3 Å². The van der Waals surface area contributed by atoms with E-state index in [2.05, 4.69) is 10.1 Å². The molecule has 0 atom stereocenters. The van der Waals surface area contributed by atoms with Crippen molar-refractivity contribution in [2.24, 2.45) is 11.7 Å². The first-order valence-electron chi connectivity index (χ1n) is 8.81. The summed E-state index contributed by atoms with van der Waals surface area (Å²) in [6.07, 6.45) is -3.06. The predicted molar refractivity (Wildman–Crippen MR) is 91.6 cm³/mol. The minimum atomic E-state index is -4.46. The van der Waals surface area contributed by atoms with Crippen LogP contribution < -0.4 is 5.73 Å². The number of aryl methyl sites for hydroxylation is 1. The Morgan fingerprint density at radius 3 is 2.61 bits per heavy atom. The Morgan fingerprint density at radius 1 is 1.25 bits per heavy atom. The van der Waals surface area contributed by atoms with Gasteiger partial charge in [0, 0.05) is 37.4 Å². The number of hydrogen-bond acceptors (Lipinski definition) is 5. The van der Waals surface area contributed by atoms with Crippen molar-refractivity contribution in [2.75, 3.05) is 13.1 Å². The molecule has 2 heterocycles. The quantitative estimate of drug-likeness (QED) is 0.836. The first kappa shape index (κ1) is 19.8. The highest BCUT2D eigenvalue weighted by Crippen LogP contribution is 2.31. The fraction of sp³-hybridized carbons (Fsp3) is 0.444. The van der Waals surface area contributed by atoms with Crippen molar-refractivity contribution in [3.63, 3.8) is 0 Å². The summed E-state index contributed by atoms with van der Waals surface area (Å²) < 4.78 is 43.5. The van der Waals surface area contributed by atoms with E-state index in [1.807, 2.05) is 0 Å². The molecule has 2 N–H and O–H groups in total. The molecule has 0 bridgehead atoms. The molecule has 1 aliphatic rings. The topological polar surface area (TPSA) is 102 Å². The van der Waals surface area contributed by atoms with Gasteiger partial charge < -0.3 is 15.2 Å². The highest BCUT2D eigenvalue weighted by atomic mass is 19.4. The first-order valence-corrected chi connectivity index (χ1v) is 8.81. The van der Waals surface area contributed by atoms with Crippen LogP contribution in [0.5, 0.6) is 0 Å². The van der Waals surface area contributed by atoms with Crippen LogP contribution in [0.25, 0.3) is 11.4 Å². The smallest absolute Gasteiger partial charge is 0.369 e. The zero-order valence-electron chi connectivity index (χ0n) is 14.9. The molecule has 0 unspecified atom stereocenters. The molecule has 0 aliphatic carbocycles. The van der Waals surface area contributed by atoms with Crippen LogP contribution in [0, 0.1) is 5.92 Å². The van der Waals surface area contributed by atoms with Crippen LogP contribution in [-0.2, 0) is 22.2 Å². The van der Waals surface area contributed by atoms with Gasteiger partial charge in [-0.05, 0) is 25.0 Å².